The van der Waals surface area contributed by atoms with E-state index >= 15 is 4.79 Å². The third-order valence-electron chi connectivity index (χ3n) is 17.4. The standard InChI is InChI=1S/C72H82N6O8/c1-7-39-82-67-49-19-15-20-50(67)42-54-24-18-26-56-44-52-22-16-21-51(68(52)83-40-8-2)43-55-25-17-23-53(41-49)69(55)84-47-65(79)73-33-35-75(36-34-74-66(80)48-85-70(54)56)37-38-78-71(81)59-27-13-14-28-60(59)72(78)61-31-29-57(76(9-3)10-4)45-63(61)86-64-46-58(30-32-62(64)72)77(11-5)12-6/h13-32,45-46H,7-12,33-44,47-48H2,1-6H3,(H,73,79)(H,74,80). The Morgan fingerprint density at radius 3 is 1.33 bits per heavy atom. The summed E-state index contributed by atoms with van der Waals surface area (Å²) in [5.74, 6) is 3.72. The molecule has 4 aliphatic heterocycles. The van der Waals surface area contributed by atoms with Gasteiger partial charge in [-0.25, -0.2) is 0 Å². The Kier molecular flexibility index (Phi) is 18.5. The largest absolute Gasteiger partial charge is 0.493 e. The van der Waals surface area contributed by atoms with Crippen molar-refractivity contribution in [1.29, 1.82) is 0 Å². The van der Waals surface area contributed by atoms with E-state index in [1.54, 1.807) is 0 Å². The molecule has 12 rings (SSSR count). The molecule has 14 heteroatoms. The van der Waals surface area contributed by atoms with Gasteiger partial charge in [-0.3, -0.25) is 19.3 Å². The maximum Gasteiger partial charge on any atom is 0.257 e. The zero-order chi connectivity index (χ0) is 59.7. The fourth-order valence-electron chi connectivity index (χ4n) is 13.2. The second-order valence-electron chi connectivity index (χ2n) is 22.7. The predicted octanol–water partition coefficient (Wildman–Crippen LogP) is 11.5. The second kappa shape index (κ2) is 26.8. The van der Waals surface area contributed by atoms with Gasteiger partial charge in [-0.2, -0.15) is 0 Å². The molecular formula is C72H82N6O8. The third-order valence-corrected chi connectivity index (χ3v) is 17.4. The van der Waals surface area contributed by atoms with Gasteiger partial charge < -0.3 is 49.0 Å². The number of nitrogens with one attached hydrogen (secondary N) is 2. The minimum atomic E-state index is -1.04. The number of para-hydroxylation sites is 4. The van der Waals surface area contributed by atoms with Gasteiger partial charge >= 0.3 is 0 Å². The van der Waals surface area contributed by atoms with Crippen molar-refractivity contribution in [2.24, 2.45) is 0 Å². The van der Waals surface area contributed by atoms with Gasteiger partial charge in [0.1, 0.15) is 40.0 Å². The summed E-state index contributed by atoms with van der Waals surface area (Å²) in [6.45, 7) is 18.9. The molecule has 3 amide bonds. The van der Waals surface area contributed by atoms with Crippen LogP contribution in [0.4, 0.5) is 11.4 Å². The van der Waals surface area contributed by atoms with Crippen LogP contribution in [-0.2, 0) is 40.8 Å². The number of nitrogens with zero attached hydrogens (tertiary/aromatic N) is 4. The van der Waals surface area contributed by atoms with Crippen LogP contribution in [0, 0.1) is 0 Å². The Morgan fingerprint density at radius 1 is 0.488 bits per heavy atom. The summed E-state index contributed by atoms with van der Waals surface area (Å²) in [7, 11) is 0. The van der Waals surface area contributed by atoms with Crippen molar-refractivity contribution in [3.63, 3.8) is 0 Å². The smallest absolute Gasteiger partial charge is 0.257 e. The number of amides is 3. The number of hydrogen-bond acceptors (Lipinski definition) is 11. The fraction of sp³-hybridized carbons (Fsp3) is 0.375. The summed E-state index contributed by atoms with van der Waals surface area (Å²) >= 11 is 0. The minimum Gasteiger partial charge on any atom is -0.493 e. The van der Waals surface area contributed by atoms with E-state index in [4.69, 9.17) is 23.7 Å². The first-order valence-corrected chi connectivity index (χ1v) is 31.2. The molecule has 0 saturated carbocycles. The Labute approximate surface area is 507 Å². The van der Waals surface area contributed by atoms with Crippen LogP contribution < -0.4 is 44.1 Å². The Bertz CT molecular complexity index is 3310. The Balaban J connectivity index is 0.953. The zero-order valence-corrected chi connectivity index (χ0v) is 50.9. The van der Waals surface area contributed by atoms with Crippen molar-refractivity contribution in [3.8, 4) is 34.5 Å². The van der Waals surface area contributed by atoms with E-state index in [0.29, 0.717) is 93.6 Å². The molecular weight excluding hydrogens is 1080 g/mol. The molecule has 448 valence electrons. The van der Waals surface area contributed by atoms with Crippen molar-refractivity contribution < 1.29 is 38.1 Å². The van der Waals surface area contributed by atoms with Gasteiger partial charge in [0.2, 0.25) is 0 Å². The van der Waals surface area contributed by atoms with E-state index in [1.807, 2.05) is 23.1 Å². The number of fused-ring (bicyclic) bond motifs is 18. The molecule has 1 spiro atoms. The molecule has 7 aromatic rings. The highest BCUT2D eigenvalue weighted by Crippen LogP contribution is 2.58. The molecule has 0 saturated heterocycles. The van der Waals surface area contributed by atoms with Crippen molar-refractivity contribution in [3.05, 3.63) is 200 Å². The lowest BCUT2D eigenvalue weighted by Crippen LogP contribution is -2.51. The van der Waals surface area contributed by atoms with Gasteiger partial charge in [0.25, 0.3) is 17.7 Å². The van der Waals surface area contributed by atoms with Crippen molar-refractivity contribution in [1.82, 2.24) is 20.4 Å². The number of hydrogen-bond donors (Lipinski definition) is 2. The first kappa shape index (κ1) is 59.2. The summed E-state index contributed by atoms with van der Waals surface area (Å²) in [5, 5.41) is 6.35. The molecule has 2 N–H and O–H groups in total. The average molecular weight is 1160 g/mol. The molecule has 0 unspecified atom stereocenters. The van der Waals surface area contributed by atoms with E-state index in [1.165, 1.54) is 0 Å². The summed E-state index contributed by atoms with van der Waals surface area (Å²) in [6, 6.07) is 45.8. The number of benzene rings is 7. The van der Waals surface area contributed by atoms with Crippen molar-refractivity contribution in [2.75, 3.05) is 102 Å². The fourth-order valence-corrected chi connectivity index (χ4v) is 13.2. The molecule has 10 bridgehead atoms. The number of carbonyl (C=O) groups excluding carboxylic acids is 3. The number of carbonyl (C=O) groups is 3. The molecule has 0 fully saturated rings. The molecule has 14 nitrogen and oxygen atoms in total. The van der Waals surface area contributed by atoms with E-state index in [2.05, 4.69) is 182 Å². The highest BCUT2D eigenvalue weighted by atomic mass is 16.5. The van der Waals surface area contributed by atoms with Crippen LogP contribution in [0.2, 0.25) is 0 Å². The summed E-state index contributed by atoms with van der Waals surface area (Å²) in [6.07, 6.45) is 3.60. The predicted molar refractivity (Wildman–Crippen MR) is 339 cm³/mol. The number of rotatable bonds is 15. The first-order valence-electron chi connectivity index (χ1n) is 31.2. The molecule has 0 radical (unpaired) electrons. The molecule has 1 aliphatic carbocycles. The molecule has 7 aromatic carbocycles. The highest BCUT2D eigenvalue weighted by Gasteiger charge is 2.56. The SMILES string of the molecule is CCCOc1c2cccc1Cc1cccc3c1OCC(=O)NCCN(CCN1C(=O)c4ccccc4C14c1ccc(N(CC)CC)cc1Oc1cc(N(CC)CC)ccc14)CCNC(=O)COc1c(cccc1Cc1cccc(c1OCCC)C3)C2. The monoisotopic (exact) mass is 1160 g/mol. The van der Waals surface area contributed by atoms with Crippen molar-refractivity contribution >= 4 is 29.1 Å². The van der Waals surface area contributed by atoms with Gasteiger partial charge in [0.15, 0.2) is 13.2 Å². The van der Waals surface area contributed by atoms with E-state index in [9.17, 15) is 9.59 Å². The highest BCUT2D eigenvalue weighted by molar-refractivity contribution is 6.02. The Morgan fingerprint density at radius 2 is 0.907 bits per heavy atom. The maximum atomic E-state index is 15.4. The van der Waals surface area contributed by atoms with E-state index in [-0.39, 0.29) is 44.0 Å². The summed E-state index contributed by atoms with van der Waals surface area (Å²) in [5.41, 5.74) is 12.1. The zero-order valence-electron chi connectivity index (χ0n) is 50.9. The summed E-state index contributed by atoms with van der Waals surface area (Å²) < 4.78 is 33.9. The van der Waals surface area contributed by atoms with Crippen LogP contribution in [0.5, 0.6) is 34.5 Å². The number of anilines is 2. The van der Waals surface area contributed by atoms with Crippen LogP contribution in [0.15, 0.2) is 133 Å². The van der Waals surface area contributed by atoms with E-state index < -0.39 is 5.54 Å². The topological polar surface area (TPSA) is 134 Å². The van der Waals surface area contributed by atoms with Gasteiger partial charge in [0, 0.05) is 131 Å². The van der Waals surface area contributed by atoms with Crippen LogP contribution >= 0.6 is 0 Å². The normalized spacial score (nSPS) is 15.7. The first-order chi connectivity index (χ1) is 42.1. The minimum absolute atomic E-state index is 0.0802. The summed E-state index contributed by atoms with van der Waals surface area (Å²) in [4.78, 5) is 52.7. The lowest BCUT2D eigenvalue weighted by atomic mass is 9.74. The van der Waals surface area contributed by atoms with Crippen LogP contribution in [0.25, 0.3) is 0 Å². The molecule has 0 aromatic heterocycles. The molecule has 4 heterocycles. The third kappa shape index (κ3) is 11.9. The molecule has 86 heavy (non-hydrogen) atoms. The van der Waals surface area contributed by atoms with Crippen LogP contribution in [-0.4, -0.2) is 119 Å². The maximum absolute atomic E-state index is 15.4. The van der Waals surface area contributed by atoms with Crippen LogP contribution in [0.3, 0.4) is 0 Å². The Hall–Kier alpha value is -8.49. The van der Waals surface area contributed by atoms with Gasteiger partial charge in [-0.15, -0.1) is 0 Å². The van der Waals surface area contributed by atoms with Gasteiger partial charge in [-0.05, 0) is 109 Å². The average Bonchev–Trinajstić information content (AvgIpc) is 1.59. The van der Waals surface area contributed by atoms with Gasteiger partial charge in [-0.1, -0.05) is 117 Å². The lowest BCUT2D eigenvalue weighted by molar-refractivity contribution is -0.123. The lowest BCUT2D eigenvalue weighted by Gasteiger charge is -2.45. The molecule has 5 aliphatic rings. The second-order valence-corrected chi connectivity index (χ2v) is 22.7. The number of ether oxygens (including phenoxy) is 5. The van der Waals surface area contributed by atoms with Crippen LogP contribution in [0.1, 0.15) is 126 Å². The molecule has 0 atom stereocenters. The van der Waals surface area contributed by atoms with Gasteiger partial charge in [0.05, 0.1) is 13.2 Å². The van der Waals surface area contributed by atoms with E-state index in [0.717, 1.165) is 123 Å². The quantitative estimate of drug-likeness (QED) is 0.0950. The van der Waals surface area contributed by atoms with Crippen molar-refractivity contribution in [2.45, 2.75) is 85.6 Å².